The summed E-state index contributed by atoms with van der Waals surface area (Å²) in [6.07, 6.45) is 1.79. The molecule has 1 N–H and O–H groups in total. The molecule has 0 saturated carbocycles. The fraction of sp³-hybridized carbons (Fsp3) is 0.261. The smallest absolute Gasteiger partial charge is 0.323 e. The van der Waals surface area contributed by atoms with Crippen molar-refractivity contribution in [3.63, 3.8) is 0 Å². The van der Waals surface area contributed by atoms with Gasteiger partial charge < -0.3 is 19.5 Å². The van der Waals surface area contributed by atoms with Crippen LogP contribution in [0, 0.1) is 11.6 Å². The molecule has 0 spiro atoms. The van der Waals surface area contributed by atoms with Gasteiger partial charge in [-0.05, 0) is 41.6 Å². The lowest BCUT2D eigenvalue weighted by molar-refractivity contribution is -0.137. The minimum absolute atomic E-state index is 0.107. The molecule has 1 aromatic heterocycles. The van der Waals surface area contributed by atoms with E-state index in [0.717, 1.165) is 4.90 Å². The SMILES string of the molecule is COCCN(CC(=O)O)C(=O)c1csc(COc2ccc(-c3cc(F)c(F)cc3SC)cc2)n1. The minimum atomic E-state index is -1.13. The molecule has 0 atom stereocenters. The van der Waals surface area contributed by atoms with Crippen molar-refractivity contribution in [1.82, 2.24) is 9.88 Å². The van der Waals surface area contributed by atoms with Crippen LogP contribution in [-0.2, 0) is 16.1 Å². The van der Waals surface area contributed by atoms with Crippen molar-refractivity contribution in [2.45, 2.75) is 11.5 Å². The summed E-state index contributed by atoms with van der Waals surface area (Å²) >= 11 is 2.55. The minimum Gasteiger partial charge on any atom is -0.486 e. The highest BCUT2D eigenvalue weighted by Crippen LogP contribution is 2.33. The number of thiazole rings is 1. The molecule has 3 rings (SSSR count). The molecule has 1 amide bonds. The zero-order valence-corrected chi connectivity index (χ0v) is 20.0. The Morgan fingerprint density at radius 3 is 2.53 bits per heavy atom. The highest BCUT2D eigenvalue weighted by atomic mass is 32.2. The van der Waals surface area contributed by atoms with Crippen LogP contribution < -0.4 is 4.74 Å². The van der Waals surface area contributed by atoms with Gasteiger partial charge in [0.15, 0.2) is 11.6 Å². The first-order valence-electron chi connectivity index (χ1n) is 10.0. The van der Waals surface area contributed by atoms with E-state index in [9.17, 15) is 18.4 Å². The van der Waals surface area contributed by atoms with E-state index in [-0.39, 0.29) is 25.5 Å². The second kappa shape index (κ2) is 11.9. The van der Waals surface area contributed by atoms with Crippen LogP contribution in [-0.4, -0.2) is 59.9 Å². The maximum atomic E-state index is 13.7. The number of halogens is 2. The first kappa shape index (κ1) is 25.6. The lowest BCUT2D eigenvalue weighted by Crippen LogP contribution is -2.38. The number of thioether (sulfide) groups is 1. The molecule has 1 heterocycles. The average molecular weight is 509 g/mol. The second-order valence-electron chi connectivity index (χ2n) is 7.02. The zero-order chi connectivity index (χ0) is 24.7. The number of nitrogens with zero attached hydrogens (tertiary/aromatic N) is 2. The Bertz CT molecular complexity index is 1150. The maximum absolute atomic E-state index is 13.7. The monoisotopic (exact) mass is 508 g/mol. The Morgan fingerprint density at radius 1 is 1.18 bits per heavy atom. The van der Waals surface area contributed by atoms with Gasteiger partial charge in [-0.2, -0.15) is 0 Å². The zero-order valence-electron chi connectivity index (χ0n) is 18.4. The average Bonchev–Trinajstić information content (AvgIpc) is 3.30. The molecule has 7 nitrogen and oxygen atoms in total. The van der Waals surface area contributed by atoms with Crippen molar-refractivity contribution in [1.29, 1.82) is 0 Å². The first-order chi connectivity index (χ1) is 16.3. The summed E-state index contributed by atoms with van der Waals surface area (Å²) in [4.78, 5) is 29.7. The van der Waals surface area contributed by atoms with Crippen LogP contribution in [0.2, 0.25) is 0 Å². The number of hydrogen-bond acceptors (Lipinski definition) is 7. The molecule has 2 aromatic carbocycles. The number of hydrogen-bond donors (Lipinski definition) is 1. The van der Waals surface area contributed by atoms with Gasteiger partial charge in [0.2, 0.25) is 0 Å². The molecule has 0 fully saturated rings. The van der Waals surface area contributed by atoms with Crippen LogP contribution in [0.25, 0.3) is 11.1 Å². The van der Waals surface area contributed by atoms with E-state index < -0.39 is 30.1 Å². The van der Waals surface area contributed by atoms with Crippen LogP contribution in [0.5, 0.6) is 5.75 Å². The topological polar surface area (TPSA) is 89.0 Å². The normalized spacial score (nSPS) is 10.8. The Balaban J connectivity index is 1.65. The van der Waals surface area contributed by atoms with E-state index >= 15 is 0 Å². The van der Waals surface area contributed by atoms with Crippen LogP contribution in [0.4, 0.5) is 8.78 Å². The van der Waals surface area contributed by atoms with E-state index in [0.29, 0.717) is 26.8 Å². The fourth-order valence-electron chi connectivity index (χ4n) is 3.05. The van der Waals surface area contributed by atoms with Gasteiger partial charge in [0.1, 0.15) is 29.6 Å². The Labute approximate surface area is 203 Å². The van der Waals surface area contributed by atoms with E-state index in [4.69, 9.17) is 14.6 Å². The second-order valence-corrected chi connectivity index (χ2v) is 8.81. The van der Waals surface area contributed by atoms with Gasteiger partial charge in [0.05, 0.1) is 6.61 Å². The molecule has 34 heavy (non-hydrogen) atoms. The predicted octanol–water partition coefficient (Wildman–Crippen LogP) is 4.56. The van der Waals surface area contributed by atoms with Crippen molar-refractivity contribution in [2.24, 2.45) is 0 Å². The third-order valence-electron chi connectivity index (χ3n) is 4.72. The molecule has 0 aliphatic carbocycles. The third-order valence-corrected chi connectivity index (χ3v) is 6.32. The molecule has 11 heteroatoms. The number of carbonyl (C=O) groups excluding carboxylic acids is 1. The van der Waals surface area contributed by atoms with E-state index in [1.54, 1.807) is 35.9 Å². The Morgan fingerprint density at radius 2 is 1.88 bits per heavy atom. The van der Waals surface area contributed by atoms with Gasteiger partial charge in [0.25, 0.3) is 5.91 Å². The summed E-state index contributed by atoms with van der Waals surface area (Å²) in [6, 6.07) is 9.26. The molecule has 180 valence electrons. The summed E-state index contributed by atoms with van der Waals surface area (Å²) in [6.45, 7) is -0.00465. The van der Waals surface area contributed by atoms with E-state index in [2.05, 4.69) is 4.98 Å². The summed E-state index contributed by atoms with van der Waals surface area (Å²) in [7, 11) is 1.47. The highest BCUT2D eigenvalue weighted by Gasteiger charge is 2.21. The van der Waals surface area contributed by atoms with Crippen molar-refractivity contribution in [3.8, 4) is 16.9 Å². The third kappa shape index (κ3) is 6.52. The number of methoxy groups -OCH3 is 1. The molecule has 0 saturated heterocycles. The standard InChI is InChI=1S/C23H22F2N2O5S2/c1-31-8-7-27(11-22(28)29)23(30)19-13-34-21(26-19)12-32-15-5-3-14(4-6-15)16-9-17(24)18(25)10-20(16)33-2/h3-6,9-10,13H,7-8,11-12H2,1-2H3,(H,28,29). The summed E-state index contributed by atoms with van der Waals surface area (Å²) in [5, 5.41) is 11.1. The van der Waals surface area contributed by atoms with Crippen LogP contribution in [0.15, 0.2) is 46.7 Å². The van der Waals surface area contributed by atoms with Gasteiger partial charge in [-0.1, -0.05) is 12.1 Å². The van der Waals surface area contributed by atoms with Gasteiger partial charge >= 0.3 is 5.97 Å². The molecule has 0 aliphatic heterocycles. The number of benzene rings is 2. The van der Waals surface area contributed by atoms with Crippen LogP contribution in [0.1, 0.15) is 15.5 Å². The van der Waals surface area contributed by atoms with Crippen molar-refractivity contribution in [3.05, 3.63) is 64.1 Å². The molecule has 0 unspecified atom stereocenters. The van der Waals surface area contributed by atoms with Crippen LogP contribution in [0.3, 0.4) is 0 Å². The summed E-state index contributed by atoms with van der Waals surface area (Å²) in [5.41, 5.74) is 1.44. The lowest BCUT2D eigenvalue weighted by Gasteiger charge is -2.18. The predicted molar refractivity (Wildman–Crippen MR) is 125 cm³/mol. The molecular formula is C23H22F2N2O5S2. The van der Waals surface area contributed by atoms with Gasteiger partial charge in [-0.15, -0.1) is 23.1 Å². The summed E-state index contributed by atoms with van der Waals surface area (Å²) in [5.74, 6) is -2.89. The molecule has 0 aliphatic rings. The fourth-order valence-corrected chi connectivity index (χ4v) is 4.35. The lowest BCUT2D eigenvalue weighted by atomic mass is 10.1. The number of carbonyl (C=O) groups is 2. The van der Waals surface area contributed by atoms with Gasteiger partial charge in [-0.25, -0.2) is 13.8 Å². The van der Waals surface area contributed by atoms with E-state index in [1.807, 2.05) is 0 Å². The van der Waals surface area contributed by atoms with Crippen molar-refractivity contribution in [2.75, 3.05) is 33.1 Å². The van der Waals surface area contributed by atoms with Gasteiger partial charge in [-0.3, -0.25) is 9.59 Å². The molecule has 3 aromatic rings. The Kier molecular flexibility index (Phi) is 8.97. The Hall–Kier alpha value is -3.02. The van der Waals surface area contributed by atoms with E-state index in [1.165, 1.54) is 42.3 Å². The maximum Gasteiger partial charge on any atom is 0.323 e. The van der Waals surface area contributed by atoms with Gasteiger partial charge in [0, 0.05) is 23.9 Å². The quantitative estimate of drug-likeness (QED) is 0.380. The number of amides is 1. The number of carboxylic acid groups (broad SMARTS) is 1. The number of carboxylic acids is 1. The van der Waals surface area contributed by atoms with Crippen LogP contribution >= 0.6 is 23.1 Å². The molecule has 0 radical (unpaired) electrons. The van der Waals surface area contributed by atoms with Crippen molar-refractivity contribution >= 4 is 35.0 Å². The number of aromatic nitrogens is 1. The number of rotatable bonds is 11. The summed E-state index contributed by atoms with van der Waals surface area (Å²) < 4.78 is 37.9. The van der Waals surface area contributed by atoms with Crippen molar-refractivity contribution < 1.29 is 33.0 Å². The largest absolute Gasteiger partial charge is 0.486 e. The first-order valence-corrected chi connectivity index (χ1v) is 12.1. The highest BCUT2D eigenvalue weighted by molar-refractivity contribution is 7.98. The number of ether oxygens (including phenoxy) is 2. The number of aliphatic carboxylic acids is 1. The molecule has 0 bridgehead atoms. The molecular weight excluding hydrogens is 486 g/mol.